The molecule has 3 heterocycles. The molecule has 16 heavy (non-hydrogen) atoms. The fraction of sp³-hybridized carbons (Fsp3) is 0.500. The molecule has 1 saturated heterocycles. The summed E-state index contributed by atoms with van der Waals surface area (Å²) in [5, 5.41) is 18.4. The van der Waals surface area contributed by atoms with Crippen molar-refractivity contribution in [1.82, 2.24) is 9.88 Å². The van der Waals surface area contributed by atoms with Gasteiger partial charge in [-0.05, 0) is 24.1 Å². The summed E-state index contributed by atoms with van der Waals surface area (Å²) < 4.78 is 0. The van der Waals surface area contributed by atoms with Crippen molar-refractivity contribution in [3.63, 3.8) is 0 Å². The zero-order valence-corrected chi connectivity index (χ0v) is 9.21. The monoisotopic (exact) mass is 222 g/mol. The number of aromatic amines is 1. The zero-order chi connectivity index (χ0) is 11.4. The molecule has 3 N–H and O–H groups in total. The van der Waals surface area contributed by atoms with Crippen molar-refractivity contribution in [2.24, 2.45) is 0 Å². The summed E-state index contributed by atoms with van der Waals surface area (Å²) in [6.45, 7) is 1.96. The van der Waals surface area contributed by atoms with E-state index in [0.717, 1.165) is 25.1 Å². The highest BCUT2D eigenvalue weighted by Gasteiger charge is 2.37. The summed E-state index contributed by atoms with van der Waals surface area (Å²) in [6, 6.07) is 4.01. The number of aliphatic hydroxyl groups excluding tert-OH is 2. The third kappa shape index (κ3) is 2.35. The first-order chi connectivity index (χ1) is 7.83. The second kappa shape index (κ2) is 5.30. The van der Waals surface area contributed by atoms with Gasteiger partial charge in [0.05, 0.1) is 18.8 Å². The maximum atomic E-state index is 9.51. The third-order valence-corrected chi connectivity index (χ3v) is 3.12. The van der Waals surface area contributed by atoms with Crippen LogP contribution in [0.3, 0.4) is 0 Å². The van der Waals surface area contributed by atoms with Crippen molar-refractivity contribution >= 4 is 0 Å². The number of aliphatic hydroxyl groups is 2. The number of hydrogen-bond donors (Lipinski definition) is 3. The van der Waals surface area contributed by atoms with Gasteiger partial charge in [-0.15, -0.1) is 0 Å². The van der Waals surface area contributed by atoms with Gasteiger partial charge in [0.15, 0.2) is 0 Å². The Morgan fingerprint density at radius 3 is 2.69 bits per heavy atom. The molecule has 4 nitrogen and oxygen atoms in total. The number of nitrogens with zero attached hydrogens (tertiary/aromatic N) is 1. The van der Waals surface area contributed by atoms with Crippen LogP contribution in [0.15, 0.2) is 36.2 Å². The lowest BCUT2D eigenvalue weighted by Crippen LogP contribution is -2.32. The van der Waals surface area contributed by atoms with Crippen LogP contribution >= 0.6 is 0 Å². The van der Waals surface area contributed by atoms with Gasteiger partial charge in [0.1, 0.15) is 0 Å². The second-order valence-electron chi connectivity index (χ2n) is 4.12. The molecule has 0 bridgehead atoms. The molecule has 2 aliphatic heterocycles. The van der Waals surface area contributed by atoms with Crippen molar-refractivity contribution in [2.45, 2.75) is 18.6 Å². The van der Waals surface area contributed by atoms with E-state index < -0.39 is 0 Å². The summed E-state index contributed by atoms with van der Waals surface area (Å²) >= 11 is 0. The van der Waals surface area contributed by atoms with E-state index in [1.54, 1.807) is 0 Å². The van der Waals surface area contributed by atoms with E-state index >= 15 is 0 Å². The average Bonchev–Trinajstić information content (AvgIpc) is 2.98. The topological polar surface area (TPSA) is 59.5 Å². The van der Waals surface area contributed by atoms with Gasteiger partial charge in [0.2, 0.25) is 0 Å². The molecule has 3 rings (SSSR count). The summed E-state index contributed by atoms with van der Waals surface area (Å²) in [7, 11) is 0. The minimum Gasteiger partial charge on any atom is -0.392 e. The summed E-state index contributed by atoms with van der Waals surface area (Å²) in [4.78, 5) is 5.07. The van der Waals surface area contributed by atoms with Crippen molar-refractivity contribution in [3.05, 3.63) is 36.2 Å². The van der Waals surface area contributed by atoms with E-state index in [0.29, 0.717) is 0 Å². The fourth-order valence-electron chi connectivity index (χ4n) is 2.32. The first kappa shape index (κ1) is 11.4. The predicted octanol–water partition coefficient (Wildman–Crippen LogP) is 0.369. The lowest BCUT2D eigenvalue weighted by atomic mass is 10.1. The molecule has 88 valence electrons. The number of hydrogen-bond acceptors (Lipinski definition) is 3. The standard InChI is InChI=1S/C8H13NO2.C4H5N/c10-5-6-1-3-9-4-2-7(11)8(6)9;1-2-4-5-3-1/h1,7-8,10-11H,2-5H2;1-5H/t7-,8-;/m1./s1. The molecule has 1 fully saturated rings. The molecule has 0 spiro atoms. The van der Waals surface area contributed by atoms with Crippen molar-refractivity contribution < 1.29 is 10.2 Å². The lowest BCUT2D eigenvalue weighted by Gasteiger charge is -2.19. The first-order valence-electron chi connectivity index (χ1n) is 5.62. The molecule has 0 saturated carbocycles. The Kier molecular flexibility index (Phi) is 3.77. The van der Waals surface area contributed by atoms with Crippen LogP contribution in [0.25, 0.3) is 0 Å². The van der Waals surface area contributed by atoms with Gasteiger partial charge in [-0.3, -0.25) is 4.90 Å². The van der Waals surface area contributed by atoms with Gasteiger partial charge in [0, 0.05) is 25.5 Å². The van der Waals surface area contributed by atoms with Crippen LogP contribution in [0, 0.1) is 0 Å². The smallest absolute Gasteiger partial charge is 0.0746 e. The molecule has 4 heteroatoms. The number of aromatic nitrogens is 1. The fourth-order valence-corrected chi connectivity index (χ4v) is 2.32. The van der Waals surface area contributed by atoms with Crippen molar-refractivity contribution in [1.29, 1.82) is 0 Å². The number of fused-ring (bicyclic) bond motifs is 1. The van der Waals surface area contributed by atoms with Crippen molar-refractivity contribution in [2.75, 3.05) is 19.7 Å². The van der Waals surface area contributed by atoms with Crippen LogP contribution in [0.2, 0.25) is 0 Å². The Morgan fingerprint density at radius 1 is 1.38 bits per heavy atom. The highest BCUT2D eigenvalue weighted by Crippen LogP contribution is 2.28. The molecule has 0 aromatic carbocycles. The van der Waals surface area contributed by atoms with Gasteiger partial charge < -0.3 is 15.2 Å². The number of nitrogens with one attached hydrogen (secondary N) is 1. The van der Waals surface area contributed by atoms with Gasteiger partial charge in [-0.1, -0.05) is 6.08 Å². The second-order valence-corrected chi connectivity index (χ2v) is 4.12. The van der Waals surface area contributed by atoms with Crippen LogP contribution in [0.1, 0.15) is 6.42 Å². The van der Waals surface area contributed by atoms with E-state index in [9.17, 15) is 5.11 Å². The van der Waals surface area contributed by atoms with Gasteiger partial charge in [-0.25, -0.2) is 0 Å². The Hall–Kier alpha value is -1.10. The first-order valence-corrected chi connectivity index (χ1v) is 5.62. The van der Waals surface area contributed by atoms with E-state index in [1.807, 2.05) is 30.6 Å². The van der Waals surface area contributed by atoms with Gasteiger partial charge in [-0.2, -0.15) is 0 Å². The van der Waals surface area contributed by atoms with Crippen LogP contribution in [-0.4, -0.2) is 51.9 Å². The lowest BCUT2D eigenvalue weighted by molar-refractivity contribution is 0.140. The SMILES string of the molecule is OCC1=CCN2CC[C@@H](O)[C@@H]12.c1cc[nH]c1. The molecule has 2 atom stereocenters. The van der Waals surface area contributed by atoms with E-state index in [1.165, 1.54) is 0 Å². The largest absolute Gasteiger partial charge is 0.392 e. The third-order valence-electron chi connectivity index (χ3n) is 3.12. The van der Waals surface area contributed by atoms with Crippen LogP contribution in [-0.2, 0) is 0 Å². The Balaban J connectivity index is 0.000000162. The zero-order valence-electron chi connectivity index (χ0n) is 9.21. The summed E-state index contributed by atoms with van der Waals surface area (Å²) in [5.74, 6) is 0. The quantitative estimate of drug-likeness (QED) is 0.602. The molecule has 0 amide bonds. The maximum absolute atomic E-state index is 9.51. The van der Waals surface area contributed by atoms with E-state index in [4.69, 9.17) is 5.11 Å². The highest BCUT2D eigenvalue weighted by molar-refractivity contribution is 5.22. The highest BCUT2D eigenvalue weighted by atomic mass is 16.3. The van der Waals surface area contributed by atoms with Gasteiger partial charge >= 0.3 is 0 Å². The maximum Gasteiger partial charge on any atom is 0.0746 e. The predicted molar refractivity (Wildman–Crippen MR) is 61.9 cm³/mol. The molecule has 2 aliphatic rings. The Morgan fingerprint density at radius 2 is 2.12 bits per heavy atom. The number of H-pyrrole nitrogens is 1. The van der Waals surface area contributed by atoms with Crippen LogP contribution in [0.4, 0.5) is 0 Å². The van der Waals surface area contributed by atoms with Crippen LogP contribution < -0.4 is 0 Å². The molecule has 0 radical (unpaired) electrons. The molecule has 1 aromatic heterocycles. The molecule has 1 aromatic rings. The molecule has 0 unspecified atom stereocenters. The van der Waals surface area contributed by atoms with E-state index in [2.05, 4.69) is 9.88 Å². The number of rotatable bonds is 1. The minimum absolute atomic E-state index is 0.0955. The minimum atomic E-state index is -0.254. The molecule has 0 aliphatic carbocycles. The molecular weight excluding hydrogens is 204 g/mol. The summed E-state index contributed by atoms with van der Waals surface area (Å²) in [6.07, 6.45) is 6.37. The Labute approximate surface area is 95.2 Å². The Bertz CT molecular complexity index is 318. The molecular formula is C12H18N2O2. The van der Waals surface area contributed by atoms with E-state index in [-0.39, 0.29) is 18.8 Å². The van der Waals surface area contributed by atoms with Gasteiger partial charge in [0.25, 0.3) is 0 Å². The van der Waals surface area contributed by atoms with Crippen LogP contribution in [0.5, 0.6) is 0 Å². The van der Waals surface area contributed by atoms with Crippen molar-refractivity contribution in [3.8, 4) is 0 Å². The average molecular weight is 222 g/mol. The normalized spacial score (nSPS) is 28.2. The summed E-state index contributed by atoms with van der Waals surface area (Å²) in [5.41, 5.74) is 0.995.